The van der Waals surface area contributed by atoms with Gasteiger partial charge in [-0.1, -0.05) is 18.2 Å². The van der Waals surface area contributed by atoms with Gasteiger partial charge in [-0.2, -0.15) is 5.10 Å². The van der Waals surface area contributed by atoms with Gasteiger partial charge in [0, 0.05) is 7.05 Å². The molecule has 0 aliphatic heterocycles. The van der Waals surface area contributed by atoms with Crippen LogP contribution in [0.3, 0.4) is 0 Å². The summed E-state index contributed by atoms with van der Waals surface area (Å²) >= 11 is 5.25. The van der Waals surface area contributed by atoms with Crippen LogP contribution in [0.2, 0.25) is 0 Å². The lowest BCUT2D eigenvalue weighted by Crippen LogP contribution is -2.28. The van der Waals surface area contributed by atoms with E-state index in [2.05, 4.69) is 15.8 Å². The van der Waals surface area contributed by atoms with E-state index >= 15 is 0 Å². The first-order chi connectivity index (χ1) is 13.9. The molecule has 0 bridgehead atoms. The van der Waals surface area contributed by atoms with Crippen molar-refractivity contribution in [3.8, 4) is 17.2 Å². The number of ether oxygens (including phenoxy) is 1. The standard InChI is InChI=1S/C20H21N5O3S/c1-13-18(19(27)25(24(13)2)15-7-5-4-6-8-15)22-20(29)23-21-12-14-9-10-16(26)17(11-14)28-3/h4-12,26H,1-3H3,(H2,22,23,29). The Balaban J connectivity index is 1.74. The van der Waals surface area contributed by atoms with Crippen LogP contribution in [0.1, 0.15) is 11.3 Å². The van der Waals surface area contributed by atoms with Gasteiger partial charge in [-0.15, -0.1) is 0 Å². The maximum absolute atomic E-state index is 12.9. The molecule has 150 valence electrons. The van der Waals surface area contributed by atoms with Gasteiger partial charge in [-0.05, 0) is 55.0 Å². The molecule has 9 heteroatoms. The Morgan fingerprint density at radius 2 is 1.97 bits per heavy atom. The van der Waals surface area contributed by atoms with Gasteiger partial charge in [-0.25, -0.2) is 4.68 Å². The van der Waals surface area contributed by atoms with Crippen molar-refractivity contribution < 1.29 is 9.84 Å². The number of hydrogen-bond acceptors (Lipinski definition) is 5. The zero-order valence-corrected chi connectivity index (χ0v) is 17.0. The molecule has 0 atom stereocenters. The lowest BCUT2D eigenvalue weighted by molar-refractivity contribution is 0.373. The Morgan fingerprint density at radius 1 is 1.24 bits per heavy atom. The number of thiocarbonyl (C=S) groups is 1. The molecule has 0 radical (unpaired) electrons. The molecule has 29 heavy (non-hydrogen) atoms. The fourth-order valence-corrected chi connectivity index (χ4v) is 2.95. The first kappa shape index (κ1) is 20.2. The van der Waals surface area contributed by atoms with Crippen LogP contribution >= 0.6 is 12.2 Å². The highest BCUT2D eigenvalue weighted by Crippen LogP contribution is 2.25. The van der Waals surface area contributed by atoms with Crippen LogP contribution in [0, 0.1) is 6.92 Å². The molecule has 0 aliphatic rings. The first-order valence-corrected chi connectivity index (χ1v) is 9.14. The molecule has 3 rings (SSSR count). The van der Waals surface area contributed by atoms with Crippen molar-refractivity contribution in [2.24, 2.45) is 12.1 Å². The lowest BCUT2D eigenvalue weighted by atomic mass is 10.2. The number of anilines is 1. The first-order valence-electron chi connectivity index (χ1n) is 8.73. The van der Waals surface area contributed by atoms with Crippen LogP contribution in [-0.2, 0) is 7.05 Å². The highest BCUT2D eigenvalue weighted by atomic mass is 32.1. The Labute approximate surface area is 173 Å². The predicted molar refractivity (Wildman–Crippen MR) is 117 cm³/mol. The molecule has 3 aromatic rings. The van der Waals surface area contributed by atoms with Crippen molar-refractivity contribution in [1.82, 2.24) is 14.8 Å². The van der Waals surface area contributed by atoms with E-state index in [0.717, 1.165) is 11.4 Å². The quantitative estimate of drug-likeness (QED) is 0.339. The molecule has 0 amide bonds. The summed E-state index contributed by atoms with van der Waals surface area (Å²) < 4.78 is 8.38. The second-order valence-corrected chi connectivity index (χ2v) is 6.60. The van der Waals surface area contributed by atoms with Crippen LogP contribution < -0.4 is 21.0 Å². The monoisotopic (exact) mass is 411 g/mol. The summed E-state index contributed by atoms with van der Waals surface area (Å²) in [6, 6.07) is 14.2. The minimum atomic E-state index is -0.215. The number of nitrogens with one attached hydrogen (secondary N) is 2. The van der Waals surface area contributed by atoms with E-state index in [1.54, 1.807) is 21.5 Å². The topological polar surface area (TPSA) is 92.8 Å². The van der Waals surface area contributed by atoms with E-state index in [1.165, 1.54) is 19.4 Å². The van der Waals surface area contributed by atoms with E-state index in [9.17, 15) is 9.90 Å². The van der Waals surface area contributed by atoms with Crippen molar-refractivity contribution >= 4 is 29.2 Å². The third kappa shape index (κ3) is 4.30. The SMILES string of the molecule is COc1cc(C=NNC(=S)Nc2c(C)n(C)n(-c3ccccc3)c2=O)ccc1O. The Morgan fingerprint density at radius 3 is 2.66 bits per heavy atom. The maximum Gasteiger partial charge on any atom is 0.295 e. The van der Waals surface area contributed by atoms with Gasteiger partial charge in [0.15, 0.2) is 16.6 Å². The van der Waals surface area contributed by atoms with Gasteiger partial charge in [0.05, 0.1) is 24.7 Å². The lowest BCUT2D eigenvalue weighted by Gasteiger charge is -2.07. The molecule has 8 nitrogen and oxygen atoms in total. The molecular weight excluding hydrogens is 390 g/mol. The smallest absolute Gasteiger partial charge is 0.295 e. The number of hydrazone groups is 1. The Kier molecular flexibility index (Phi) is 5.99. The predicted octanol–water partition coefficient (Wildman–Crippen LogP) is 2.52. The van der Waals surface area contributed by atoms with Crippen LogP contribution in [0.5, 0.6) is 11.5 Å². The summed E-state index contributed by atoms with van der Waals surface area (Å²) in [6.45, 7) is 1.83. The van der Waals surface area contributed by atoms with E-state index in [0.29, 0.717) is 17.0 Å². The molecule has 0 spiro atoms. The number of para-hydroxylation sites is 1. The van der Waals surface area contributed by atoms with Gasteiger partial charge in [0.1, 0.15) is 5.69 Å². The average molecular weight is 411 g/mol. The molecule has 2 aromatic carbocycles. The number of phenols is 1. The molecular formula is C20H21N5O3S. The summed E-state index contributed by atoms with van der Waals surface area (Å²) in [4.78, 5) is 12.9. The number of aromatic hydroxyl groups is 1. The molecule has 1 aromatic heterocycles. The van der Waals surface area contributed by atoms with Crippen molar-refractivity contribution in [2.45, 2.75) is 6.92 Å². The van der Waals surface area contributed by atoms with Gasteiger partial charge in [0.2, 0.25) is 0 Å². The van der Waals surface area contributed by atoms with Gasteiger partial charge < -0.3 is 15.2 Å². The van der Waals surface area contributed by atoms with Gasteiger partial charge >= 0.3 is 0 Å². The number of aromatic nitrogens is 2. The third-order valence-corrected chi connectivity index (χ3v) is 4.57. The van der Waals surface area contributed by atoms with E-state index < -0.39 is 0 Å². The fourth-order valence-electron chi connectivity index (χ4n) is 2.79. The second kappa shape index (κ2) is 8.61. The molecule has 3 N–H and O–H groups in total. The van der Waals surface area contributed by atoms with Crippen molar-refractivity contribution in [2.75, 3.05) is 12.4 Å². The summed E-state index contributed by atoms with van der Waals surface area (Å²) in [5.74, 6) is 0.389. The van der Waals surface area contributed by atoms with Crippen LogP contribution in [0.15, 0.2) is 58.4 Å². The molecule has 0 fully saturated rings. The van der Waals surface area contributed by atoms with Crippen molar-refractivity contribution in [3.63, 3.8) is 0 Å². The highest BCUT2D eigenvalue weighted by molar-refractivity contribution is 7.80. The van der Waals surface area contributed by atoms with Gasteiger partial charge in [-0.3, -0.25) is 14.9 Å². The van der Waals surface area contributed by atoms with Crippen LogP contribution in [-0.4, -0.2) is 32.9 Å². The Hall–Kier alpha value is -3.59. The molecule has 0 saturated carbocycles. The summed E-state index contributed by atoms with van der Waals surface area (Å²) in [5, 5.41) is 16.8. The average Bonchev–Trinajstić information content (AvgIpc) is 2.93. The van der Waals surface area contributed by atoms with Crippen molar-refractivity contribution in [1.29, 1.82) is 0 Å². The summed E-state index contributed by atoms with van der Waals surface area (Å²) in [6.07, 6.45) is 1.52. The number of hydrogen-bond donors (Lipinski definition) is 3. The van der Waals surface area contributed by atoms with Crippen LogP contribution in [0.4, 0.5) is 5.69 Å². The van der Waals surface area contributed by atoms with Crippen molar-refractivity contribution in [3.05, 3.63) is 70.1 Å². The summed E-state index contributed by atoms with van der Waals surface area (Å²) in [5.41, 5.74) is 5.04. The molecule has 0 saturated heterocycles. The highest BCUT2D eigenvalue weighted by Gasteiger charge is 2.16. The zero-order valence-electron chi connectivity index (χ0n) is 16.2. The normalized spacial score (nSPS) is 10.9. The number of methoxy groups -OCH3 is 1. The zero-order chi connectivity index (χ0) is 21.0. The molecule has 1 heterocycles. The fraction of sp³-hybridized carbons (Fsp3) is 0.150. The largest absolute Gasteiger partial charge is 0.504 e. The number of benzene rings is 2. The molecule has 0 unspecified atom stereocenters. The minimum Gasteiger partial charge on any atom is -0.504 e. The van der Waals surface area contributed by atoms with E-state index in [-0.39, 0.29) is 16.4 Å². The molecule has 0 aliphatic carbocycles. The van der Waals surface area contributed by atoms with E-state index in [1.807, 2.05) is 44.3 Å². The third-order valence-electron chi connectivity index (χ3n) is 4.38. The second-order valence-electron chi connectivity index (χ2n) is 6.19. The van der Waals surface area contributed by atoms with Gasteiger partial charge in [0.25, 0.3) is 5.56 Å². The van der Waals surface area contributed by atoms with Crippen LogP contribution in [0.25, 0.3) is 5.69 Å². The minimum absolute atomic E-state index is 0.0454. The summed E-state index contributed by atoms with van der Waals surface area (Å²) in [7, 11) is 3.28. The maximum atomic E-state index is 12.9. The number of nitrogens with zero attached hydrogens (tertiary/aromatic N) is 3. The number of rotatable bonds is 5. The number of phenolic OH excluding ortho intramolecular Hbond substituents is 1. The van der Waals surface area contributed by atoms with E-state index in [4.69, 9.17) is 17.0 Å². The Bertz CT molecular complexity index is 1120.